The van der Waals surface area contributed by atoms with Crippen LogP contribution < -0.4 is 5.32 Å². The smallest absolute Gasteiger partial charge is 0.408 e. The van der Waals surface area contributed by atoms with Crippen molar-refractivity contribution >= 4 is 24.7 Å². The van der Waals surface area contributed by atoms with Crippen molar-refractivity contribution in [1.29, 1.82) is 0 Å². The summed E-state index contributed by atoms with van der Waals surface area (Å²) in [4.78, 5) is 21.9. The minimum absolute atomic E-state index is 0.00969. The molecule has 1 rings (SSSR count). The molecule has 0 heterocycles. The molecule has 2 N–H and O–H groups in total. The molecule has 1 aromatic carbocycles. The van der Waals surface area contributed by atoms with Gasteiger partial charge >= 0.3 is 12.1 Å². The highest BCUT2D eigenvalue weighted by Gasteiger charge is 2.18. The summed E-state index contributed by atoms with van der Waals surface area (Å²) in [5.41, 5.74) is 0.834. The molecule has 5 nitrogen and oxygen atoms in total. The molecule has 0 aliphatic rings. The molecular weight excluding hydrogens is 242 g/mol. The molecule has 0 saturated carbocycles. The first-order valence-corrected chi connectivity index (χ1v) is 5.57. The van der Waals surface area contributed by atoms with Crippen LogP contribution in [0.25, 0.3) is 0 Å². The third kappa shape index (κ3) is 4.78. The van der Waals surface area contributed by atoms with Crippen LogP contribution >= 0.6 is 12.6 Å². The monoisotopic (exact) mass is 255 g/mol. The minimum atomic E-state index is -1.14. The fourth-order valence-electron chi connectivity index (χ4n) is 1.09. The summed E-state index contributed by atoms with van der Waals surface area (Å²) < 4.78 is 4.86. The van der Waals surface area contributed by atoms with Crippen LogP contribution in [0.5, 0.6) is 0 Å². The number of hydrogen-bond donors (Lipinski definition) is 3. The van der Waals surface area contributed by atoms with Crippen molar-refractivity contribution in [2.75, 3.05) is 5.75 Å². The molecule has 0 radical (unpaired) electrons. The Labute approximate surface area is 104 Å². The molecule has 0 spiro atoms. The number of nitrogens with one attached hydrogen (secondary N) is 1. The maximum Gasteiger partial charge on any atom is 0.408 e. The highest BCUT2D eigenvalue weighted by atomic mass is 32.1. The first-order chi connectivity index (χ1) is 8.13. The lowest BCUT2D eigenvalue weighted by atomic mass is 10.2. The molecule has 6 heteroatoms. The number of carboxylic acid groups (broad SMARTS) is 1. The van der Waals surface area contributed by atoms with E-state index in [1.54, 1.807) is 12.1 Å². The summed E-state index contributed by atoms with van der Waals surface area (Å²) in [6, 6.07) is 8.07. The average molecular weight is 255 g/mol. The predicted molar refractivity (Wildman–Crippen MR) is 65.0 cm³/mol. The summed E-state index contributed by atoms with van der Waals surface area (Å²) in [5, 5.41) is 10.9. The quantitative estimate of drug-likeness (QED) is 0.693. The van der Waals surface area contributed by atoms with Gasteiger partial charge in [-0.25, -0.2) is 9.59 Å². The molecule has 0 aliphatic heterocycles. The van der Waals surface area contributed by atoms with Crippen molar-refractivity contribution in [3.8, 4) is 0 Å². The van der Waals surface area contributed by atoms with Crippen LogP contribution in [0.2, 0.25) is 0 Å². The number of thiol groups is 1. The lowest BCUT2D eigenvalue weighted by Gasteiger charge is -2.12. The van der Waals surface area contributed by atoms with Gasteiger partial charge in [-0.3, -0.25) is 0 Å². The highest BCUT2D eigenvalue weighted by molar-refractivity contribution is 7.80. The van der Waals surface area contributed by atoms with E-state index in [0.29, 0.717) is 0 Å². The molecule has 1 amide bonds. The number of alkyl carbamates (subject to hydrolysis) is 1. The molecule has 0 aromatic heterocycles. The molecule has 17 heavy (non-hydrogen) atoms. The van der Waals surface area contributed by atoms with E-state index >= 15 is 0 Å². The van der Waals surface area contributed by atoms with Crippen LogP contribution in [-0.2, 0) is 16.1 Å². The normalized spacial score (nSPS) is 11.6. The van der Waals surface area contributed by atoms with E-state index in [0.717, 1.165) is 5.56 Å². The second-order valence-corrected chi connectivity index (χ2v) is 3.64. The second-order valence-electron chi connectivity index (χ2n) is 3.28. The van der Waals surface area contributed by atoms with E-state index < -0.39 is 18.1 Å². The van der Waals surface area contributed by atoms with Gasteiger partial charge in [0.1, 0.15) is 12.6 Å². The molecule has 1 aromatic rings. The van der Waals surface area contributed by atoms with Gasteiger partial charge in [0.15, 0.2) is 0 Å². The first kappa shape index (κ1) is 13.4. The van der Waals surface area contributed by atoms with Crippen LogP contribution in [-0.4, -0.2) is 29.0 Å². The second kappa shape index (κ2) is 6.80. The lowest BCUT2D eigenvalue weighted by molar-refractivity contribution is -0.138. The molecule has 1 unspecified atom stereocenters. The van der Waals surface area contributed by atoms with Gasteiger partial charge in [-0.15, -0.1) is 0 Å². The van der Waals surface area contributed by atoms with Crippen molar-refractivity contribution in [3.63, 3.8) is 0 Å². The number of amides is 1. The first-order valence-electron chi connectivity index (χ1n) is 4.94. The highest BCUT2D eigenvalue weighted by Crippen LogP contribution is 2.01. The molecular formula is C11H13NO4S. The Balaban J connectivity index is 2.37. The molecule has 0 fully saturated rings. The Morgan fingerprint density at radius 2 is 2.00 bits per heavy atom. The number of benzene rings is 1. The summed E-state index contributed by atoms with van der Waals surface area (Å²) >= 11 is 3.82. The molecule has 0 bridgehead atoms. The largest absolute Gasteiger partial charge is 0.480 e. The van der Waals surface area contributed by atoms with Gasteiger partial charge in [-0.1, -0.05) is 30.3 Å². The van der Waals surface area contributed by atoms with Gasteiger partial charge in [0.05, 0.1) is 0 Å². The van der Waals surface area contributed by atoms with E-state index in [1.807, 2.05) is 18.2 Å². The number of carbonyl (C=O) groups is 2. The number of rotatable bonds is 5. The average Bonchev–Trinajstić information content (AvgIpc) is 2.34. The van der Waals surface area contributed by atoms with Gasteiger partial charge in [0.25, 0.3) is 0 Å². The van der Waals surface area contributed by atoms with E-state index in [9.17, 15) is 9.59 Å². The number of carboxylic acids is 1. The molecule has 92 valence electrons. The number of carbonyl (C=O) groups excluding carboxylic acids is 1. The van der Waals surface area contributed by atoms with Gasteiger partial charge in [0, 0.05) is 5.75 Å². The third-order valence-corrected chi connectivity index (χ3v) is 2.35. The SMILES string of the molecule is O=C(NC(CS)C(=O)O)OCc1ccccc1. The van der Waals surface area contributed by atoms with E-state index in [1.165, 1.54) is 0 Å². The maximum atomic E-state index is 11.3. The van der Waals surface area contributed by atoms with Gasteiger partial charge in [-0.2, -0.15) is 12.6 Å². The Morgan fingerprint density at radius 1 is 1.35 bits per heavy atom. The number of ether oxygens (including phenoxy) is 1. The summed E-state index contributed by atoms with van der Waals surface area (Å²) in [6.07, 6.45) is -0.768. The van der Waals surface area contributed by atoms with Crippen LogP contribution in [0.3, 0.4) is 0 Å². The van der Waals surface area contributed by atoms with E-state index in [-0.39, 0.29) is 12.4 Å². The fraction of sp³-hybridized carbons (Fsp3) is 0.273. The van der Waals surface area contributed by atoms with Crippen LogP contribution in [0, 0.1) is 0 Å². The Bertz CT molecular complexity index is 382. The third-order valence-electron chi connectivity index (χ3n) is 1.99. The van der Waals surface area contributed by atoms with Crippen LogP contribution in [0.1, 0.15) is 5.56 Å². The van der Waals surface area contributed by atoms with Crippen LogP contribution in [0.15, 0.2) is 30.3 Å². The van der Waals surface area contributed by atoms with Crippen molar-refractivity contribution in [2.45, 2.75) is 12.6 Å². The fourth-order valence-corrected chi connectivity index (χ4v) is 1.34. The minimum Gasteiger partial charge on any atom is -0.480 e. The Hall–Kier alpha value is -1.69. The maximum absolute atomic E-state index is 11.3. The Kier molecular flexibility index (Phi) is 5.35. The van der Waals surface area contributed by atoms with Crippen LogP contribution in [0.4, 0.5) is 4.79 Å². The van der Waals surface area contributed by atoms with E-state index in [4.69, 9.17) is 9.84 Å². The molecule has 0 aliphatic carbocycles. The van der Waals surface area contributed by atoms with E-state index in [2.05, 4.69) is 17.9 Å². The molecule has 1 atom stereocenters. The molecule has 0 saturated heterocycles. The van der Waals surface area contributed by atoms with Crippen molar-refractivity contribution in [2.24, 2.45) is 0 Å². The summed E-state index contributed by atoms with van der Waals surface area (Å²) in [5.74, 6) is -1.13. The summed E-state index contributed by atoms with van der Waals surface area (Å²) in [7, 11) is 0. The summed E-state index contributed by atoms with van der Waals surface area (Å²) in [6.45, 7) is 0.103. The number of aliphatic carboxylic acids is 1. The number of hydrogen-bond acceptors (Lipinski definition) is 4. The zero-order valence-electron chi connectivity index (χ0n) is 9.00. The lowest BCUT2D eigenvalue weighted by Crippen LogP contribution is -2.42. The van der Waals surface area contributed by atoms with Gasteiger partial charge < -0.3 is 15.2 Å². The predicted octanol–water partition coefficient (Wildman–Crippen LogP) is 1.30. The van der Waals surface area contributed by atoms with Gasteiger partial charge in [-0.05, 0) is 5.56 Å². The Morgan fingerprint density at radius 3 is 2.53 bits per heavy atom. The van der Waals surface area contributed by atoms with Crippen molar-refractivity contribution in [3.05, 3.63) is 35.9 Å². The zero-order chi connectivity index (χ0) is 12.7. The zero-order valence-corrected chi connectivity index (χ0v) is 9.89. The van der Waals surface area contributed by atoms with Crippen molar-refractivity contribution in [1.82, 2.24) is 5.32 Å². The van der Waals surface area contributed by atoms with Crippen molar-refractivity contribution < 1.29 is 19.4 Å². The standard InChI is InChI=1S/C11H13NO4S/c13-10(14)9(7-17)12-11(15)16-6-8-4-2-1-3-5-8/h1-5,9,17H,6-7H2,(H,12,15)(H,13,14). The van der Waals surface area contributed by atoms with Gasteiger partial charge in [0.2, 0.25) is 0 Å². The topological polar surface area (TPSA) is 75.6 Å².